The van der Waals surface area contributed by atoms with E-state index in [-0.39, 0.29) is 6.61 Å². The number of nitrogens with zero attached hydrogens (tertiary/aromatic N) is 2. The summed E-state index contributed by atoms with van der Waals surface area (Å²) in [7, 11) is 0. The Morgan fingerprint density at radius 2 is 1.95 bits per heavy atom. The van der Waals surface area contributed by atoms with E-state index < -0.39 is 0 Å². The smallest absolute Gasteiger partial charge is 0.243 e. The van der Waals surface area contributed by atoms with Gasteiger partial charge in [-0.3, -0.25) is 0 Å². The normalized spacial score (nSPS) is 10.7. The first kappa shape index (κ1) is 15.4. The van der Waals surface area contributed by atoms with Gasteiger partial charge < -0.3 is 15.6 Å². The number of aliphatic hydroxyl groups excluding tert-OH is 1. The highest BCUT2D eigenvalue weighted by Gasteiger charge is 2.15. The monoisotopic (exact) mass is 287 g/mol. The van der Waals surface area contributed by atoms with Crippen LogP contribution in [-0.4, -0.2) is 15.3 Å². The van der Waals surface area contributed by atoms with E-state index in [2.05, 4.69) is 24.0 Å². The van der Waals surface area contributed by atoms with Crippen molar-refractivity contribution in [3.05, 3.63) is 46.6 Å². The number of aliphatic hydroxyl groups is 1. The van der Waals surface area contributed by atoms with Crippen molar-refractivity contribution in [2.75, 3.05) is 0 Å². The SMILES string of the molecule is CCc1nnc(Oc2cccc(CO)c2)c(CN)c1CC. The molecule has 2 aromatic rings. The zero-order valence-corrected chi connectivity index (χ0v) is 12.5. The van der Waals surface area contributed by atoms with Crippen LogP contribution in [0.1, 0.15) is 36.2 Å². The van der Waals surface area contributed by atoms with Crippen LogP contribution >= 0.6 is 0 Å². The van der Waals surface area contributed by atoms with Crippen LogP contribution in [-0.2, 0) is 26.0 Å². The van der Waals surface area contributed by atoms with E-state index in [9.17, 15) is 5.11 Å². The highest BCUT2D eigenvalue weighted by molar-refractivity contribution is 5.40. The molecular formula is C16H21N3O2. The van der Waals surface area contributed by atoms with Crippen LogP contribution in [0, 0.1) is 0 Å². The van der Waals surface area contributed by atoms with Crippen LogP contribution in [0.25, 0.3) is 0 Å². The number of rotatable bonds is 6. The van der Waals surface area contributed by atoms with Gasteiger partial charge in [0.15, 0.2) is 0 Å². The molecular weight excluding hydrogens is 266 g/mol. The minimum absolute atomic E-state index is 0.0262. The highest BCUT2D eigenvalue weighted by Crippen LogP contribution is 2.27. The van der Waals surface area contributed by atoms with Gasteiger partial charge in [-0.05, 0) is 36.1 Å². The topological polar surface area (TPSA) is 81.3 Å². The van der Waals surface area contributed by atoms with Gasteiger partial charge in [0, 0.05) is 12.1 Å². The summed E-state index contributed by atoms with van der Waals surface area (Å²) >= 11 is 0. The Hall–Kier alpha value is -1.98. The van der Waals surface area contributed by atoms with Crippen LogP contribution in [0.4, 0.5) is 0 Å². The third-order valence-corrected chi connectivity index (χ3v) is 3.42. The van der Waals surface area contributed by atoms with Crippen molar-refractivity contribution in [2.45, 2.75) is 39.8 Å². The zero-order valence-electron chi connectivity index (χ0n) is 12.5. The van der Waals surface area contributed by atoms with Crippen LogP contribution in [0.2, 0.25) is 0 Å². The molecule has 21 heavy (non-hydrogen) atoms. The summed E-state index contributed by atoms with van der Waals surface area (Å²) in [6, 6.07) is 7.26. The molecule has 0 aliphatic rings. The molecule has 112 valence electrons. The number of ether oxygens (including phenoxy) is 1. The van der Waals surface area contributed by atoms with Gasteiger partial charge in [-0.15, -0.1) is 5.10 Å². The second-order valence-corrected chi connectivity index (χ2v) is 4.73. The van der Waals surface area contributed by atoms with E-state index in [0.29, 0.717) is 18.2 Å². The molecule has 0 fully saturated rings. The second-order valence-electron chi connectivity index (χ2n) is 4.73. The van der Waals surface area contributed by atoms with Crippen molar-refractivity contribution >= 4 is 0 Å². The van der Waals surface area contributed by atoms with E-state index in [4.69, 9.17) is 10.5 Å². The summed E-state index contributed by atoms with van der Waals surface area (Å²) < 4.78 is 5.82. The second kappa shape index (κ2) is 7.15. The Labute approximate surface area is 124 Å². The molecule has 0 saturated heterocycles. The number of aromatic nitrogens is 2. The number of aryl methyl sites for hydroxylation is 1. The maximum absolute atomic E-state index is 9.18. The molecule has 3 N–H and O–H groups in total. The number of benzene rings is 1. The van der Waals surface area contributed by atoms with Gasteiger partial charge in [0.2, 0.25) is 5.88 Å². The summed E-state index contributed by atoms with van der Waals surface area (Å²) in [4.78, 5) is 0. The lowest BCUT2D eigenvalue weighted by atomic mass is 10.0. The largest absolute Gasteiger partial charge is 0.437 e. The quantitative estimate of drug-likeness (QED) is 0.852. The van der Waals surface area contributed by atoms with Crippen molar-refractivity contribution in [3.63, 3.8) is 0 Å². The van der Waals surface area contributed by atoms with Crippen molar-refractivity contribution in [3.8, 4) is 11.6 Å². The molecule has 0 amide bonds. The lowest BCUT2D eigenvalue weighted by Gasteiger charge is -2.14. The maximum Gasteiger partial charge on any atom is 0.243 e. The fraction of sp³-hybridized carbons (Fsp3) is 0.375. The molecule has 5 heteroatoms. The molecule has 0 atom stereocenters. The van der Waals surface area contributed by atoms with Crippen molar-refractivity contribution in [1.82, 2.24) is 10.2 Å². The fourth-order valence-electron chi connectivity index (χ4n) is 2.34. The molecule has 1 aromatic heterocycles. The summed E-state index contributed by atoms with van der Waals surface area (Å²) in [6.07, 6.45) is 1.67. The van der Waals surface area contributed by atoms with Gasteiger partial charge in [0.1, 0.15) is 5.75 Å². The van der Waals surface area contributed by atoms with E-state index in [0.717, 1.165) is 35.2 Å². The van der Waals surface area contributed by atoms with Crippen molar-refractivity contribution in [2.24, 2.45) is 5.73 Å². The van der Waals surface area contributed by atoms with Crippen LogP contribution < -0.4 is 10.5 Å². The maximum atomic E-state index is 9.18. The Bertz CT molecular complexity index is 614. The van der Waals surface area contributed by atoms with Gasteiger partial charge in [-0.1, -0.05) is 26.0 Å². The van der Waals surface area contributed by atoms with Gasteiger partial charge in [0.25, 0.3) is 0 Å². The first-order valence-electron chi connectivity index (χ1n) is 7.18. The first-order chi connectivity index (χ1) is 10.2. The number of nitrogens with two attached hydrogens (primary N) is 1. The van der Waals surface area contributed by atoms with Gasteiger partial charge >= 0.3 is 0 Å². The molecule has 5 nitrogen and oxygen atoms in total. The fourth-order valence-corrected chi connectivity index (χ4v) is 2.34. The average molecular weight is 287 g/mol. The van der Waals surface area contributed by atoms with Crippen LogP contribution in [0.3, 0.4) is 0 Å². The Kier molecular flexibility index (Phi) is 5.25. The van der Waals surface area contributed by atoms with Crippen LogP contribution in [0.5, 0.6) is 11.6 Å². The minimum Gasteiger partial charge on any atom is -0.437 e. The molecule has 0 spiro atoms. The molecule has 0 bridgehead atoms. The van der Waals surface area contributed by atoms with Gasteiger partial charge in [-0.25, -0.2) is 0 Å². The lowest BCUT2D eigenvalue weighted by molar-refractivity contribution is 0.281. The molecule has 2 rings (SSSR count). The average Bonchev–Trinajstić information content (AvgIpc) is 2.54. The summed E-state index contributed by atoms with van der Waals surface area (Å²) in [5.74, 6) is 1.07. The molecule has 1 aromatic carbocycles. The number of hydrogen-bond acceptors (Lipinski definition) is 5. The summed E-state index contributed by atoms with van der Waals surface area (Å²) in [6.45, 7) is 4.46. The standard InChI is InChI=1S/C16H21N3O2/c1-3-13-14(9-17)16(19-18-15(13)4-2)21-12-7-5-6-11(8-12)10-20/h5-8,20H,3-4,9-10,17H2,1-2H3. The highest BCUT2D eigenvalue weighted by atomic mass is 16.5. The predicted molar refractivity (Wildman–Crippen MR) is 81.1 cm³/mol. The van der Waals surface area contributed by atoms with E-state index in [1.54, 1.807) is 6.07 Å². The Morgan fingerprint density at radius 3 is 2.57 bits per heavy atom. The van der Waals surface area contributed by atoms with Crippen molar-refractivity contribution < 1.29 is 9.84 Å². The molecule has 0 aliphatic carbocycles. The van der Waals surface area contributed by atoms with E-state index in [1.165, 1.54) is 0 Å². The first-order valence-corrected chi connectivity index (χ1v) is 7.18. The predicted octanol–water partition coefficient (Wildman–Crippen LogP) is 2.34. The Balaban J connectivity index is 2.39. The third-order valence-electron chi connectivity index (χ3n) is 3.42. The van der Waals surface area contributed by atoms with Crippen LogP contribution in [0.15, 0.2) is 24.3 Å². The van der Waals surface area contributed by atoms with E-state index >= 15 is 0 Å². The van der Waals surface area contributed by atoms with Gasteiger partial charge in [-0.2, -0.15) is 5.10 Å². The third kappa shape index (κ3) is 3.37. The lowest BCUT2D eigenvalue weighted by Crippen LogP contribution is -2.10. The summed E-state index contributed by atoms with van der Waals surface area (Å²) in [5.41, 5.74) is 9.64. The zero-order chi connectivity index (χ0) is 15.2. The molecule has 0 saturated carbocycles. The van der Waals surface area contributed by atoms with E-state index in [1.807, 2.05) is 18.2 Å². The minimum atomic E-state index is -0.0262. The molecule has 0 unspecified atom stereocenters. The van der Waals surface area contributed by atoms with Gasteiger partial charge in [0.05, 0.1) is 12.3 Å². The summed E-state index contributed by atoms with van der Waals surface area (Å²) in [5, 5.41) is 17.6. The Morgan fingerprint density at radius 1 is 1.14 bits per heavy atom. The molecule has 0 radical (unpaired) electrons. The van der Waals surface area contributed by atoms with Crippen molar-refractivity contribution in [1.29, 1.82) is 0 Å². The molecule has 0 aliphatic heterocycles. The number of hydrogen-bond donors (Lipinski definition) is 2. The molecule has 1 heterocycles.